The fourth-order valence-electron chi connectivity index (χ4n) is 0.766. The predicted molar refractivity (Wildman–Crippen MR) is 56.3 cm³/mol. The molecular formula is C11H20O4. The van der Waals surface area contributed by atoms with E-state index < -0.39 is 17.5 Å². The van der Waals surface area contributed by atoms with E-state index in [1.165, 1.54) is 0 Å². The molecule has 0 radical (unpaired) electrons. The molecule has 0 amide bonds. The van der Waals surface area contributed by atoms with Crippen molar-refractivity contribution in [3.63, 3.8) is 0 Å². The van der Waals surface area contributed by atoms with Crippen molar-refractivity contribution in [1.29, 1.82) is 0 Å². The Balaban J connectivity index is 3.86. The van der Waals surface area contributed by atoms with E-state index in [-0.39, 0.29) is 6.61 Å². The molecule has 0 atom stereocenters. The highest BCUT2D eigenvalue weighted by Crippen LogP contribution is 2.07. The summed E-state index contributed by atoms with van der Waals surface area (Å²) in [5, 5.41) is 0. The molecule has 0 aliphatic carbocycles. The molecule has 0 N–H and O–H groups in total. The van der Waals surface area contributed by atoms with Gasteiger partial charge in [0.25, 0.3) is 0 Å². The van der Waals surface area contributed by atoms with Crippen LogP contribution in [0.4, 0.5) is 0 Å². The van der Waals surface area contributed by atoms with E-state index in [2.05, 4.69) is 0 Å². The van der Waals surface area contributed by atoms with E-state index in [1.807, 2.05) is 13.8 Å². The average molecular weight is 216 g/mol. The SMILES string of the molecule is CC(C)CCOC(=O)C(=O)OC(C)(C)C. The van der Waals surface area contributed by atoms with Gasteiger partial charge in [0.15, 0.2) is 0 Å². The fraction of sp³-hybridized carbons (Fsp3) is 0.818. The Morgan fingerprint density at radius 3 is 2.07 bits per heavy atom. The molecule has 0 rings (SSSR count). The van der Waals surface area contributed by atoms with Crippen molar-refractivity contribution < 1.29 is 19.1 Å². The quantitative estimate of drug-likeness (QED) is 0.534. The Labute approximate surface area is 90.9 Å². The minimum atomic E-state index is -0.925. The number of hydrogen-bond donors (Lipinski definition) is 0. The van der Waals surface area contributed by atoms with Gasteiger partial charge in [-0.3, -0.25) is 0 Å². The van der Waals surface area contributed by atoms with Crippen molar-refractivity contribution in [2.24, 2.45) is 5.92 Å². The van der Waals surface area contributed by atoms with Crippen LogP contribution in [-0.4, -0.2) is 24.1 Å². The zero-order valence-electron chi connectivity index (χ0n) is 10.1. The lowest BCUT2D eigenvalue weighted by atomic mass is 10.1. The summed E-state index contributed by atoms with van der Waals surface area (Å²) in [6, 6.07) is 0. The highest BCUT2D eigenvalue weighted by Gasteiger charge is 2.23. The molecule has 0 aliphatic rings. The Kier molecular flexibility index (Phi) is 5.33. The summed E-state index contributed by atoms with van der Waals surface area (Å²) in [6.07, 6.45) is 0.745. The molecule has 4 heteroatoms. The molecule has 15 heavy (non-hydrogen) atoms. The van der Waals surface area contributed by atoms with Crippen LogP contribution >= 0.6 is 0 Å². The maximum absolute atomic E-state index is 11.1. The topological polar surface area (TPSA) is 52.6 Å². The molecule has 0 unspecified atom stereocenters. The zero-order valence-corrected chi connectivity index (χ0v) is 10.1. The van der Waals surface area contributed by atoms with E-state index in [0.29, 0.717) is 5.92 Å². The molecule has 0 saturated heterocycles. The van der Waals surface area contributed by atoms with Crippen LogP contribution in [0.2, 0.25) is 0 Å². The fourth-order valence-corrected chi connectivity index (χ4v) is 0.766. The highest BCUT2D eigenvalue weighted by atomic mass is 16.6. The normalized spacial score (nSPS) is 11.3. The molecule has 0 spiro atoms. The second-order valence-corrected chi connectivity index (χ2v) is 4.82. The van der Waals surface area contributed by atoms with Crippen molar-refractivity contribution in [2.45, 2.75) is 46.6 Å². The molecule has 88 valence electrons. The lowest BCUT2D eigenvalue weighted by molar-refractivity contribution is -0.174. The first kappa shape index (κ1) is 13.9. The molecule has 0 bridgehead atoms. The van der Waals surface area contributed by atoms with Gasteiger partial charge in [-0.1, -0.05) is 13.8 Å². The number of ether oxygens (including phenoxy) is 2. The van der Waals surface area contributed by atoms with E-state index in [9.17, 15) is 9.59 Å². The first-order chi connectivity index (χ1) is 6.72. The molecule has 0 heterocycles. The number of carbonyl (C=O) groups is 2. The largest absolute Gasteiger partial charge is 0.457 e. The number of rotatable bonds is 3. The molecule has 0 aromatic heterocycles. The van der Waals surface area contributed by atoms with Crippen molar-refractivity contribution in [3.05, 3.63) is 0 Å². The zero-order chi connectivity index (χ0) is 12.1. The average Bonchev–Trinajstić information content (AvgIpc) is 1.99. The van der Waals surface area contributed by atoms with Gasteiger partial charge >= 0.3 is 11.9 Å². The van der Waals surface area contributed by atoms with Gasteiger partial charge in [-0.2, -0.15) is 0 Å². The maximum Gasteiger partial charge on any atom is 0.417 e. The third-order valence-electron chi connectivity index (χ3n) is 1.49. The summed E-state index contributed by atoms with van der Waals surface area (Å²) < 4.78 is 9.59. The van der Waals surface area contributed by atoms with Crippen LogP contribution in [0, 0.1) is 5.92 Å². The molecule has 0 aliphatic heterocycles. The maximum atomic E-state index is 11.1. The summed E-state index contributed by atoms with van der Waals surface area (Å²) in [5.41, 5.74) is -0.659. The Morgan fingerprint density at radius 1 is 1.13 bits per heavy atom. The van der Waals surface area contributed by atoms with Gasteiger partial charge in [0.05, 0.1) is 6.61 Å². The number of carbonyl (C=O) groups excluding carboxylic acids is 2. The summed E-state index contributed by atoms with van der Waals surface area (Å²) in [4.78, 5) is 22.2. The number of hydrogen-bond acceptors (Lipinski definition) is 4. The van der Waals surface area contributed by atoms with E-state index >= 15 is 0 Å². The molecule has 0 saturated carbocycles. The third-order valence-corrected chi connectivity index (χ3v) is 1.49. The van der Waals surface area contributed by atoms with Crippen molar-refractivity contribution in [2.75, 3.05) is 6.61 Å². The van der Waals surface area contributed by atoms with Crippen LogP contribution in [0.5, 0.6) is 0 Å². The Hall–Kier alpha value is -1.06. The second kappa shape index (κ2) is 5.73. The van der Waals surface area contributed by atoms with Gasteiger partial charge in [-0.05, 0) is 33.1 Å². The van der Waals surface area contributed by atoms with Gasteiger partial charge in [0.1, 0.15) is 5.60 Å². The van der Waals surface area contributed by atoms with Crippen LogP contribution in [0.3, 0.4) is 0 Å². The van der Waals surface area contributed by atoms with E-state index in [4.69, 9.17) is 9.47 Å². The van der Waals surface area contributed by atoms with Gasteiger partial charge in [-0.25, -0.2) is 9.59 Å². The first-order valence-corrected chi connectivity index (χ1v) is 5.12. The van der Waals surface area contributed by atoms with E-state index in [1.54, 1.807) is 20.8 Å². The Bertz CT molecular complexity index is 225. The van der Waals surface area contributed by atoms with E-state index in [0.717, 1.165) is 6.42 Å². The summed E-state index contributed by atoms with van der Waals surface area (Å²) >= 11 is 0. The van der Waals surface area contributed by atoms with Crippen molar-refractivity contribution >= 4 is 11.9 Å². The predicted octanol–water partition coefficient (Wildman–Crippen LogP) is 1.92. The summed E-state index contributed by atoms with van der Waals surface area (Å²) in [6.45, 7) is 9.39. The van der Waals surface area contributed by atoms with Crippen LogP contribution in [0.25, 0.3) is 0 Å². The van der Waals surface area contributed by atoms with Crippen LogP contribution in [-0.2, 0) is 19.1 Å². The molecular weight excluding hydrogens is 196 g/mol. The molecule has 0 aromatic carbocycles. The smallest absolute Gasteiger partial charge is 0.417 e. The Morgan fingerprint density at radius 2 is 1.67 bits per heavy atom. The van der Waals surface area contributed by atoms with Crippen molar-refractivity contribution in [3.8, 4) is 0 Å². The van der Waals surface area contributed by atoms with Crippen LogP contribution < -0.4 is 0 Å². The highest BCUT2D eigenvalue weighted by molar-refractivity contribution is 6.29. The monoisotopic (exact) mass is 216 g/mol. The van der Waals surface area contributed by atoms with Gasteiger partial charge in [0.2, 0.25) is 0 Å². The molecule has 4 nitrogen and oxygen atoms in total. The van der Waals surface area contributed by atoms with Gasteiger partial charge < -0.3 is 9.47 Å². The van der Waals surface area contributed by atoms with Gasteiger partial charge in [-0.15, -0.1) is 0 Å². The van der Waals surface area contributed by atoms with Crippen LogP contribution in [0.1, 0.15) is 41.0 Å². The summed E-state index contributed by atoms with van der Waals surface area (Å²) in [5.74, 6) is -1.40. The number of esters is 2. The van der Waals surface area contributed by atoms with Crippen LogP contribution in [0.15, 0.2) is 0 Å². The lowest BCUT2D eigenvalue weighted by Gasteiger charge is -2.18. The second-order valence-electron chi connectivity index (χ2n) is 4.82. The lowest BCUT2D eigenvalue weighted by Crippen LogP contribution is -2.30. The minimum absolute atomic E-state index is 0.260. The first-order valence-electron chi connectivity index (χ1n) is 5.12. The molecule has 0 aromatic rings. The summed E-state index contributed by atoms with van der Waals surface area (Å²) in [7, 11) is 0. The van der Waals surface area contributed by atoms with Gasteiger partial charge in [0, 0.05) is 0 Å². The molecule has 0 fully saturated rings. The van der Waals surface area contributed by atoms with Crippen molar-refractivity contribution in [1.82, 2.24) is 0 Å². The standard InChI is InChI=1S/C11H20O4/c1-8(2)6-7-14-9(12)10(13)15-11(3,4)5/h8H,6-7H2,1-5H3. The third kappa shape index (κ3) is 7.97. The minimum Gasteiger partial charge on any atom is -0.457 e.